The normalized spacial score (nSPS) is 10.9. The van der Waals surface area contributed by atoms with Gasteiger partial charge >= 0.3 is 17.2 Å². The Hall–Kier alpha value is -2.31. The molecular weight excluding hydrogens is 248 g/mol. The summed E-state index contributed by atoms with van der Waals surface area (Å²) in [7, 11) is 1.50. The Balaban J connectivity index is 2.89. The summed E-state index contributed by atoms with van der Waals surface area (Å²) in [6.45, 7) is 5.61. The van der Waals surface area contributed by atoms with Crippen molar-refractivity contribution in [2.24, 2.45) is 7.05 Å². The molecule has 2 aromatic heterocycles. The zero-order chi connectivity index (χ0) is 14.3. The third-order valence-corrected chi connectivity index (χ3v) is 3.08. The van der Waals surface area contributed by atoms with Gasteiger partial charge in [-0.15, -0.1) is 0 Å². The summed E-state index contributed by atoms with van der Waals surface area (Å²) < 4.78 is 3.96. The molecule has 7 heteroatoms. The lowest BCUT2D eigenvalue weighted by Crippen LogP contribution is -2.41. The molecule has 0 aromatic carbocycles. The Bertz CT molecular complexity index is 728. The smallest absolute Gasteiger partial charge is 0.439 e. The van der Waals surface area contributed by atoms with Crippen LogP contribution in [0.3, 0.4) is 0 Å². The lowest BCUT2D eigenvalue weighted by molar-refractivity contribution is -0.600. The minimum atomic E-state index is -0.525. The van der Waals surface area contributed by atoms with Gasteiger partial charge < -0.3 is 5.21 Å². The van der Waals surface area contributed by atoms with Crippen molar-refractivity contribution < 1.29 is 4.73 Å². The van der Waals surface area contributed by atoms with Crippen LogP contribution in [0.1, 0.15) is 18.1 Å². The van der Waals surface area contributed by atoms with Crippen molar-refractivity contribution in [3.8, 4) is 5.82 Å². The number of pyridine rings is 1. The summed E-state index contributed by atoms with van der Waals surface area (Å²) >= 11 is 0. The van der Waals surface area contributed by atoms with Crippen molar-refractivity contribution in [1.82, 2.24) is 13.9 Å². The van der Waals surface area contributed by atoms with E-state index in [4.69, 9.17) is 0 Å². The maximum Gasteiger partial charge on any atom is 0.439 e. The average molecular weight is 264 g/mol. The number of rotatable bonds is 2. The van der Waals surface area contributed by atoms with Crippen molar-refractivity contribution in [2.75, 3.05) is 0 Å². The lowest BCUT2D eigenvalue weighted by Gasteiger charge is -2.09. The van der Waals surface area contributed by atoms with Crippen molar-refractivity contribution in [2.45, 2.75) is 27.3 Å². The van der Waals surface area contributed by atoms with Crippen LogP contribution in [0.4, 0.5) is 0 Å². The Morgan fingerprint density at radius 2 is 1.89 bits per heavy atom. The van der Waals surface area contributed by atoms with Gasteiger partial charge in [0.25, 0.3) is 0 Å². The quantitative estimate of drug-likeness (QED) is 0.547. The minimum Gasteiger partial charge on any atom is -0.711 e. The molecular formula is C12H16N4O3. The molecule has 0 spiro atoms. The van der Waals surface area contributed by atoms with E-state index in [0.717, 1.165) is 10.1 Å². The van der Waals surface area contributed by atoms with E-state index in [9.17, 15) is 14.8 Å². The molecule has 0 saturated heterocycles. The maximum absolute atomic E-state index is 12.2. The van der Waals surface area contributed by atoms with Crippen LogP contribution < -0.4 is 16.1 Å². The molecule has 0 amide bonds. The first-order chi connectivity index (χ1) is 8.88. The Kier molecular flexibility index (Phi) is 3.05. The van der Waals surface area contributed by atoms with Gasteiger partial charge in [-0.3, -0.25) is 0 Å². The highest BCUT2D eigenvalue weighted by Crippen LogP contribution is 2.07. The zero-order valence-electron chi connectivity index (χ0n) is 11.4. The topological polar surface area (TPSA) is 75.9 Å². The van der Waals surface area contributed by atoms with E-state index in [-0.39, 0.29) is 5.82 Å². The summed E-state index contributed by atoms with van der Waals surface area (Å²) in [5, 5.41) is 12.0. The van der Waals surface area contributed by atoms with Crippen LogP contribution in [0.2, 0.25) is 0 Å². The SMILES string of the molecule is CCn1c(=O)n(-c2c(C)cc(C)c[n+]2[O-])c(=O)n1C. The van der Waals surface area contributed by atoms with Gasteiger partial charge in [0.05, 0.1) is 6.20 Å². The van der Waals surface area contributed by atoms with Crippen LogP contribution >= 0.6 is 0 Å². The second kappa shape index (κ2) is 4.42. The summed E-state index contributed by atoms with van der Waals surface area (Å²) in [6.07, 6.45) is 1.34. The Morgan fingerprint density at radius 1 is 1.26 bits per heavy atom. The maximum atomic E-state index is 12.2. The van der Waals surface area contributed by atoms with E-state index in [1.807, 2.05) is 0 Å². The van der Waals surface area contributed by atoms with Crippen LogP contribution in [0.25, 0.3) is 5.82 Å². The number of hydrogen-bond acceptors (Lipinski definition) is 3. The van der Waals surface area contributed by atoms with Gasteiger partial charge in [0.1, 0.15) is 0 Å². The van der Waals surface area contributed by atoms with Crippen molar-refractivity contribution in [3.05, 3.63) is 49.6 Å². The molecule has 2 rings (SSSR count). The van der Waals surface area contributed by atoms with E-state index >= 15 is 0 Å². The summed E-state index contributed by atoms with van der Waals surface area (Å²) in [4.78, 5) is 24.3. The number of aryl methyl sites for hydroxylation is 2. The van der Waals surface area contributed by atoms with E-state index in [0.29, 0.717) is 16.8 Å². The van der Waals surface area contributed by atoms with E-state index in [1.165, 1.54) is 22.6 Å². The molecule has 0 aliphatic rings. The second-order valence-electron chi connectivity index (χ2n) is 4.49. The number of nitrogens with zero attached hydrogens (tertiary/aromatic N) is 4. The Morgan fingerprint density at radius 3 is 2.37 bits per heavy atom. The molecule has 19 heavy (non-hydrogen) atoms. The van der Waals surface area contributed by atoms with Crippen LogP contribution in [0.15, 0.2) is 21.9 Å². The number of hydrogen-bond donors (Lipinski definition) is 0. The summed E-state index contributed by atoms with van der Waals surface area (Å²) in [5.74, 6) is 0.0587. The minimum absolute atomic E-state index is 0.0587. The fourth-order valence-electron chi connectivity index (χ4n) is 2.24. The fourth-order valence-corrected chi connectivity index (χ4v) is 2.24. The monoisotopic (exact) mass is 264 g/mol. The molecule has 7 nitrogen and oxygen atoms in total. The van der Waals surface area contributed by atoms with E-state index in [1.54, 1.807) is 26.8 Å². The van der Waals surface area contributed by atoms with Gasteiger partial charge in [-0.1, -0.05) is 4.57 Å². The molecule has 0 saturated carbocycles. The van der Waals surface area contributed by atoms with Crippen LogP contribution in [-0.2, 0) is 13.6 Å². The van der Waals surface area contributed by atoms with Crippen molar-refractivity contribution >= 4 is 0 Å². The first kappa shape index (κ1) is 13.1. The van der Waals surface area contributed by atoms with Gasteiger partial charge in [0, 0.05) is 19.2 Å². The third kappa shape index (κ3) is 1.87. The second-order valence-corrected chi connectivity index (χ2v) is 4.49. The molecule has 2 heterocycles. The predicted molar refractivity (Wildman–Crippen MR) is 69.4 cm³/mol. The molecule has 0 bridgehead atoms. The zero-order valence-corrected chi connectivity index (χ0v) is 11.4. The molecule has 0 aliphatic heterocycles. The molecule has 102 valence electrons. The number of aromatic nitrogens is 4. The van der Waals surface area contributed by atoms with Gasteiger partial charge in [0.2, 0.25) is 0 Å². The highest BCUT2D eigenvalue weighted by Gasteiger charge is 2.24. The molecule has 2 aromatic rings. The standard InChI is InChI=1S/C12H16N4O3/c1-5-14-12(18)16(11(17)13(14)4)10-9(3)6-8(2)7-15(10)19/h6-7H,5H2,1-4H3. The van der Waals surface area contributed by atoms with Gasteiger partial charge in [-0.05, 0) is 32.4 Å². The third-order valence-electron chi connectivity index (χ3n) is 3.08. The highest BCUT2D eigenvalue weighted by molar-refractivity contribution is 5.30. The first-order valence-corrected chi connectivity index (χ1v) is 5.98. The molecule has 0 fully saturated rings. The van der Waals surface area contributed by atoms with Crippen LogP contribution in [-0.4, -0.2) is 13.9 Å². The average Bonchev–Trinajstić information content (AvgIpc) is 2.52. The lowest BCUT2D eigenvalue weighted by atomic mass is 10.2. The van der Waals surface area contributed by atoms with Gasteiger partial charge in [0.15, 0.2) is 0 Å². The molecule has 0 atom stereocenters. The van der Waals surface area contributed by atoms with E-state index < -0.39 is 11.4 Å². The highest BCUT2D eigenvalue weighted by atomic mass is 16.5. The predicted octanol–water partition coefficient (Wildman–Crippen LogP) is -0.392. The van der Waals surface area contributed by atoms with Gasteiger partial charge in [-0.25, -0.2) is 23.7 Å². The molecule has 0 N–H and O–H groups in total. The largest absolute Gasteiger partial charge is 0.711 e. The first-order valence-electron chi connectivity index (χ1n) is 5.98. The fraction of sp³-hybridized carbons (Fsp3) is 0.417. The van der Waals surface area contributed by atoms with Crippen LogP contribution in [0.5, 0.6) is 0 Å². The van der Waals surface area contributed by atoms with E-state index in [2.05, 4.69) is 0 Å². The van der Waals surface area contributed by atoms with Crippen molar-refractivity contribution in [3.63, 3.8) is 0 Å². The molecule has 0 unspecified atom stereocenters. The molecule has 0 radical (unpaired) electrons. The Labute approximate surface area is 109 Å². The summed E-state index contributed by atoms with van der Waals surface area (Å²) in [6, 6.07) is 1.76. The summed E-state index contributed by atoms with van der Waals surface area (Å²) in [5.41, 5.74) is 0.328. The molecule has 0 aliphatic carbocycles. The van der Waals surface area contributed by atoms with Gasteiger partial charge in [-0.2, -0.15) is 0 Å². The van der Waals surface area contributed by atoms with Crippen molar-refractivity contribution in [1.29, 1.82) is 0 Å². The van der Waals surface area contributed by atoms with Crippen LogP contribution in [0, 0.1) is 19.1 Å².